The molecule has 150 valence electrons. The largest absolute Gasteiger partial charge is 0.494 e. The third-order valence-electron chi connectivity index (χ3n) is 4.35. The maximum atomic E-state index is 12.7. The predicted molar refractivity (Wildman–Crippen MR) is 98.9 cm³/mol. The number of amides is 1. The minimum absolute atomic E-state index is 0.0570. The lowest BCUT2D eigenvalue weighted by molar-refractivity contribution is 0.0180. The molecule has 0 saturated carbocycles. The minimum atomic E-state index is -0.545. The average Bonchev–Trinajstić information content (AvgIpc) is 3.16. The van der Waals surface area contributed by atoms with E-state index in [1.165, 1.54) is 7.11 Å². The number of nitrogens with zero attached hydrogens (tertiary/aromatic N) is 4. The molecule has 9 heteroatoms. The summed E-state index contributed by atoms with van der Waals surface area (Å²) >= 11 is 0. The Bertz CT molecular complexity index is 850. The molecule has 0 bridgehead atoms. The van der Waals surface area contributed by atoms with Gasteiger partial charge < -0.3 is 18.8 Å². The summed E-state index contributed by atoms with van der Waals surface area (Å²) in [6.07, 6.45) is 2.25. The van der Waals surface area contributed by atoms with E-state index in [2.05, 4.69) is 15.2 Å². The Balaban J connectivity index is 1.63. The Morgan fingerprint density at radius 3 is 2.57 bits per heavy atom. The van der Waals surface area contributed by atoms with Gasteiger partial charge in [0.05, 0.1) is 7.11 Å². The highest BCUT2D eigenvalue weighted by Gasteiger charge is 2.32. The van der Waals surface area contributed by atoms with Gasteiger partial charge in [-0.25, -0.2) is 9.78 Å². The highest BCUT2D eigenvalue weighted by Crippen LogP contribution is 2.28. The number of piperidine rings is 1. The van der Waals surface area contributed by atoms with Crippen LogP contribution in [0.15, 0.2) is 22.7 Å². The number of aromatic nitrogens is 3. The molecule has 1 aliphatic heterocycles. The fraction of sp³-hybridized carbons (Fsp3) is 0.526. The Hall–Kier alpha value is -2.97. The number of ether oxygens (including phenoxy) is 2. The molecule has 2 aromatic rings. The number of rotatable bonds is 4. The lowest BCUT2D eigenvalue weighted by Gasteiger charge is -2.32. The van der Waals surface area contributed by atoms with Gasteiger partial charge in [-0.05, 0) is 45.7 Å². The quantitative estimate of drug-likeness (QED) is 0.736. The van der Waals surface area contributed by atoms with Crippen LogP contribution in [0.5, 0.6) is 5.75 Å². The number of Topliss-reactive ketones (excluding diaryl/α,β-unsaturated/α-hetero) is 1. The molecule has 28 heavy (non-hydrogen) atoms. The van der Waals surface area contributed by atoms with E-state index in [-0.39, 0.29) is 29.6 Å². The third-order valence-corrected chi connectivity index (χ3v) is 4.35. The molecule has 0 N–H and O–H groups in total. The van der Waals surface area contributed by atoms with Gasteiger partial charge in [0, 0.05) is 25.2 Å². The van der Waals surface area contributed by atoms with Gasteiger partial charge in [0.15, 0.2) is 5.69 Å². The summed E-state index contributed by atoms with van der Waals surface area (Å²) in [5.74, 6) is 0.0522. The van der Waals surface area contributed by atoms with Crippen molar-refractivity contribution < 1.29 is 23.5 Å². The first-order valence-corrected chi connectivity index (χ1v) is 9.13. The van der Waals surface area contributed by atoms with E-state index in [1.54, 1.807) is 23.2 Å². The van der Waals surface area contributed by atoms with Gasteiger partial charge in [-0.2, -0.15) is 0 Å². The number of likely N-dealkylation sites (tertiary alicyclic amines) is 1. The van der Waals surface area contributed by atoms with Gasteiger partial charge in [-0.3, -0.25) is 4.79 Å². The van der Waals surface area contributed by atoms with E-state index in [0.29, 0.717) is 37.4 Å². The monoisotopic (exact) mass is 388 g/mol. The summed E-state index contributed by atoms with van der Waals surface area (Å²) in [5, 5.41) is 7.81. The van der Waals surface area contributed by atoms with Crippen molar-refractivity contribution in [3.05, 3.63) is 24.2 Å². The predicted octanol–water partition coefficient (Wildman–Crippen LogP) is 2.97. The molecule has 1 amide bonds. The van der Waals surface area contributed by atoms with Crippen molar-refractivity contribution in [1.29, 1.82) is 0 Å². The molecule has 9 nitrogen and oxygen atoms in total. The Morgan fingerprint density at radius 2 is 1.93 bits per heavy atom. The number of methoxy groups -OCH3 is 1. The molecule has 0 spiro atoms. The van der Waals surface area contributed by atoms with Crippen LogP contribution in [-0.2, 0) is 4.74 Å². The topological polar surface area (TPSA) is 108 Å². The van der Waals surface area contributed by atoms with Crippen LogP contribution in [0, 0.1) is 5.92 Å². The minimum Gasteiger partial charge on any atom is -0.494 e. The molecule has 0 aromatic carbocycles. The van der Waals surface area contributed by atoms with Crippen LogP contribution in [-0.4, -0.2) is 57.8 Å². The van der Waals surface area contributed by atoms with Crippen LogP contribution in [0.2, 0.25) is 0 Å². The first-order chi connectivity index (χ1) is 13.3. The molecular weight excluding hydrogens is 364 g/mol. The standard InChI is InChI=1S/C19H24N4O5/c1-19(2,3)28-18(25)23-10-7-12(8-11-23)15(24)17-22-21-16(27-17)14-13(26-4)6-5-9-20-14/h5-6,9,12H,7-8,10-11H2,1-4H3. The average molecular weight is 388 g/mol. The number of carbonyl (C=O) groups excluding carboxylic acids is 2. The lowest BCUT2D eigenvalue weighted by Crippen LogP contribution is -2.43. The number of hydrogen-bond acceptors (Lipinski definition) is 8. The normalized spacial score (nSPS) is 15.4. The van der Waals surface area contributed by atoms with Crippen LogP contribution in [0.25, 0.3) is 11.6 Å². The second-order valence-electron chi connectivity index (χ2n) is 7.57. The van der Waals surface area contributed by atoms with Crippen LogP contribution >= 0.6 is 0 Å². The van der Waals surface area contributed by atoms with E-state index >= 15 is 0 Å². The Morgan fingerprint density at radius 1 is 1.21 bits per heavy atom. The second kappa shape index (κ2) is 7.95. The molecule has 0 radical (unpaired) electrons. The second-order valence-corrected chi connectivity index (χ2v) is 7.57. The van der Waals surface area contributed by atoms with Crippen LogP contribution in [0.1, 0.15) is 44.3 Å². The van der Waals surface area contributed by atoms with Crippen LogP contribution < -0.4 is 4.74 Å². The van der Waals surface area contributed by atoms with E-state index in [4.69, 9.17) is 13.9 Å². The Kier molecular flexibility index (Phi) is 5.62. The summed E-state index contributed by atoms with van der Waals surface area (Å²) < 4.78 is 16.2. The van der Waals surface area contributed by atoms with Crippen molar-refractivity contribution in [2.45, 2.75) is 39.2 Å². The van der Waals surface area contributed by atoms with Gasteiger partial charge >= 0.3 is 6.09 Å². The SMILES string of the molecule is COc1cccnc1-c1nnc(C(=O)C2CCN(C(=O)OC(C)(C)C)CC2)o1. The molecule has 0 atom stereocenters. The summed E-state index contributed by atoms with van der Waals surface area (Å²) in [6, 6.07) is 3.45. The van der Waals surface area contributed by atoms with Gasteiger partial charge in [-0.15, -0.1) is 10.2 Å². The van der Waals surface area contributed by atoms with Crippen LogP contribution in [0.4, 0.5) is 4.79 Å². The molecule has 0 aliphatic carbocycles. The number of carbonyl (C=O) groups is 2. The van der Waals surface area contributed by atoms with Gasteiger partial charge in [-0.1, -0.05) is 0 Å². The maximum Gasteiger partial charge on any atom is 0.410 e. The zero-order valence-corrected chi connectivity index (χ0v) is 16.5. The molecule has 0 unspecified atom stereocenters. The summed E-state index contributed by atoms with van der Waals surface area (Å²) in [4.78, 5) is 30.7. The van der Waals surface area contributed by atoms with Crippen molar-refractivity contribution in [2.24, 2.45) is 5.92 Å². The lowest BCUT2D eigenvalue weighted by atomic mass is 9.92. The Labute approximate surface area is 163 Å². The number of ketones is 1. The molecule has 1 saturated heterocycles. The first kappa shape index (κ1) is 19.8. The highest BCUT2D eigenvalue weighted by molar-refractivity contribution is 5.94. The van der Waals surface area contributed by atoms with Crippen molar-refractivity contribution in [3.8, 4) is 17.3 Å². The van der Waals surface area contributed by atoms with Gasteiger partial charge in [0.1, 0.15) is 11.4 Å². The first-order valence-electron chi connectivity index (χ1n) is 9.13. The zero-order chi connectivity index (χ0) is 20.3. The molecule has 3 rings (SSSR count). The molecule has 3 heterocycles. The third kappa shape index (κ3) is 4.47. The fourth-order valence-corrected chi connectivity index (χ4v) is 2.96. The summed E-state index contributed by atoms with van der Waals surface area (Å²) in [5.41, 5.74) is -0.160. The number of pyridine rings is 1. The fourth-order valence-electron chi connectivity index (χ4n) is 2.96. The molecular formula is C19H24N4O5. The number of hydrogen-bond donors (Lipinski definition) is 0. The molecule has 2 aromatic heterocycles. The van der Waals surface area contributed by atoms with E-state index < -0.39 is 5.60 Å². The zero-order valence-electron chi connectivity index (χ0n) is 16.5. The van der Waals surface area contributed by atoms with Crippen molar-refractivity contribution >= 4 is 11.9 Å². The highest BCUT2D eigenvalue weighted by atomic mass is 16.6. The molecule has 1 fully saturated rings. The van der Waals surface area contributed by atoms with Crippen molar-refractivity contribution in [3.63, 3.8) is 0 Å². The van der Waals surface area contributed by atoms with Crippen molar-refractivity contribution in [1.82, 2.24) is 20.1 Å². The molecule has 1 aliphatic rings. The van der Waals surface area contributed by atoms with Crippen molar-refractivity contribution in [2.75, 3.05) is 20.2 Å². The van der Waals surface area contributed by atoms with Gasteiger partial charge in [0.2, 0.25) is 5.78 Å². The summed E-state index contributed by atoms with van der Waals surface area (Å²) in [6.45, 7) is 6.36. The van der Waals surface area contributed by atoms with Gasteiger partial charge in [0.25, 0.3) is 11.8 Å². The summed E-state index contributed by atoms with van der Waals surface area (Å²) in [7, 11) is 1.52. The van der Waals surface area contributed by atoms with E-state index in [9.17, 15) is 9.59 Å². The van der Waals surface area contributed by atoms with E-state index in [1.807, 2.05) is 20.8 Å². The smallest absolute Gasteiger partial charge is 0.410 e. The van der Waals surface area contributed by atoms with E-state index in [0.717, 1.165) is 0 Å². The maximum absolute atomic E-state index is 12.7. The van der Waals surface area contributed by atoms with Crippen LogP contribution in [0.3, 0.4) is 0 Å².